The number of carbonyl (C=O) groups excluding carboxylic acids is 1. The lowest BCUT2D eigenvalue weighted by molar-refractivity contribution is -0.116. The maximum Gasteiger partial charge on any atom is 0.246 e. The van der Waals surface area contributed by atoms with E-state index in [1.807, 2.05) is 6.07 Å². The number of hydrogen-bond acceptors (Lipinski definition) is 3. The van der Waals surface area contributed by atoms with E-state index in [0.717, 1.165) is 6.07 Å². The molecule has 0 saturated heterocycles. The molecule has 0 heterocycles. The van der Waals surface area contributed by atoms with Gasteiger partial charge in [0.15, 0.2) is 5.92 Å². The van der Waals surface area contributed by atoms with Crippen molar-refractivity contribution in [2.45, 2.75) is 5.92 Å². The Balaban J connectivity index is 2.22. The van der Waals surface area contributed by atoms with Crippen LogP contribution >= 0.6 is 0 Å². The number of nitrogens with one attached hydrogen (secondary N) is 1. The molecule has 0 saturated carbocycles. The zero-order chi connectivity index (χ0) is 15.2. The van der Waals surface area contributed by atoms with Crippen molar-refractivity contribution in [3.05, 3.63) is 65.5 Å². The van der Waals surface area contributed by atoms with Gasteiger partial charge < -0.3 is 5.32 Å². The summed E-state index contributed by atoms with van der Waals surface area (Å²) in [5.41, 5.74) is 0.676. The van der Waals surface area contributed by atoms with Crippen LogP contribution in [0.15, 0.2) is 48.5 Å². The molecule has 0 aliphatic rings. The zero-order valence-corrected chi connectivity index (χ0v) is 10.9. The molecule has 0 aromatic heterocycles. The van der Waals surface area contributed by atoms with Crippen molar-refractivity contribution in [2.24, 2.45) is 0 Å². The van der Waals surface area contributed by atoms with Crippen LogP contribution < -0.4 is 5.32 Å². The van der Waals surface area contributed by atoms with Crippen LogP contribution in [0, 0.1) is 28.5 Å². The predicted octanol–water partition coefficient (Wildman–Crippen LogP) is 2.94. The summed E-state index contributed by atoms with van der Waals surface area (Å²) in [5, 5.41) is 20.4. The minimum atomic E-state index is -0.971. The summed E-state index contributed by atoms with van der Waals surface area (Å²) < 4.78 is 13.2. The molecule has 0 spiro atoms. The second-order valence-corrected chi connectivity index (χ2v) is 4.27. The summed E-state index contributed by atoms with van der Waals surface area (Å²) in [7, 11) is 0. The van der Waals surface area contributed by atoms with Gasteiger partial charge in [-0.2, -0.15) is 10.5 Å². The Bertz CT molecular complexity index is 744. The topological polar surface area (TPSA) is 76.7 Å². The summed E-state index contributed by atoms with van der Waals surface area (Å²) in [5.74, 6) is -2.16. The van der Waals surface area contributed by atoms with E-state index < -0.39 is 17.6 Å². The molecule has 1 unspecified atom stereocenters. The van der Waals surface area contributed by atoms with Crippen molar-refractivity contribution in [1.82, 2.24) is 0 Å². The minimum Gasteiger partial charge on any atom is -0.325 e. The Labute approximate surface area is 121 Å². The van der Waals surface area contributed by atoms with Crippen molar-refractivity contribution in [3.63, 3.8) is 0 Å². The highest BCUT2D eigenvalue weighted by Crippen LogP contribution is 2.19. The number of nitriles is 2. The second-order valence-electron chi connectivity index (χ2n) is 4.27. The van der Waals surface area contributed by atoms with Crippen LogP contribution in [-0.2, 0) is 4.79 Å². The average molecular weight is 279 g/mol. The Morgan fingerprint density at radius 3 is 2.48 bits per heavy atom. The van der Waals surface area contributed by atoms with E-state index in [1.54, 1.807) is 36.4 Å². The molecule has 1 atom stereocenters. The molecule has 0 radical (unpaired) electrons. The lowest BCUT2D eigenvalue weighted by atomic mass is 10.00. The van der Waals surface area contributed by atoms with Crippen molar-refractivity contribution in [1.29, 1.82) is 10.5 Å². The summed E-state index contributed by atoms with van der Waals surface area (Å²) >= 11 is 0. The van der Waals surface area contributed by atoms with Crippen LogP contribution in [0.1, 0.15) is 17.0 Å². The number of amides is 1. The van der Waals surface area contributed by atoms with Gasteiger partial charge in [0.1, 0.15) is 11.9 Å². The summed E-state index contributed by atoms with van der Waals surface area (Å²) in [6.07, 6.45) is 0. The molecule has 2 aromatic carbocycles. The molecule has 2 aromatic rings. The summed E-state index contributed by atoms with van der Waals surface area (Å²) in [4.78, 5) is 12.1. The predicted molar refractivity (Wildman–Crippen MR) is 74.5 cm³/mol. The number of halogens is 1. The molecule has 4 nitrogen and oxygen atoms in total. The molecule has 0 aliphatic heterocycles. The molecule has 1 amide bonds. The van der Waals surface area contributed by atoms with Crippen LogP contribution in [-0.4, -0.2) is 5.91 Å². The first-order chi connectivity index (χ1) is 10.2. The Morgan fingerprint density at radius 1 is 1.14 bits per heavy atom. The van der Waals surface area contributed by atoms with Crippen LogP contribution in [0.25, 0.3) is 0 Å². The Kier molecular flexibility index (Phi) is 4.28. The standard InChI is InChI=1S/C16H10FN3O/c17-15-7-6-13(8-12(15)9-18)20-16(21)14(10-19)11-4-2-1-3-5-11/h1-8,14H,(H,20,21). The summed E-state index contributed by atoms with van der Waals surface area (Å²) in [6, 6.07) is 15.9. The monoisotopic (exact) mass is 279 g/mol. The largest absolute Gasteiger partial charge is 0.325 e. The highest BCUT2D eigenvalue weighted by molar-refractivity contribution is 5.97. The van der Waals surface area contributed by atoms with Gasteiger partial charge in [-0.1, -0.05) is 30.3 Å². The van der Waals surface area contributed by atoms with E-state index in [4.69, 9.17) is 10.5 Å². The van der Waals surface area contributed by atoms with Gasteiger partial charge in [-0.15, -0.1) is 0 Å². The zero-order valence-electron chi connectivity index (χ0n) is 10.9. The van der Waals surface area contributed by atoms with E-state index in [1.165, 1.54) is 12.1 Å². The minimum absolute atomic E-state index is 0.166. The van der Waals surface area contributed by atoms with Gasteiger partial charge in [-0.3, -0.25) is 4.79 Å². The SMILES string of the molecule is N#Cc1cc(NC(=O)C(C#N)c2ccccc2)ccc1F. The molecular formula is C16H10FN3O. The fourth-order valence-electron chi connectivity index (χ4n) is 1.83. The lowest BCUT2D eigenvalue weighted by Gasteiger charge is -2.10. The smallest absolute Gasteiger partial charge is 0.246 e. The number of benzene rings is 2. The third-order valence-corrected chi connectivity index (χ3v) is 2.88. The molecule has 0 bridgehead atoms. The van der Waals surface area contributed by atoms with Crippen molar-refractivity contribution in [2.75, 3.05) is 5.32 Å². The number of hydrogen-bond donors (Lipinski definition) is 1. The number of carbonyl (C=O) groups is 1. The summed E-state index contributed by atoms with van der Waals surface area (Å²) in [6.45, 7) is 0. The van der Waals surface area contributed by atoms with Gasteiger partial charge in [0.25, 0.3) is 0 Å². The molecular weight excluding hydrogens is 269 g/mol. The van der Waals surface area contributed by atoms with Gasteiger partial charge in [-0.05, 0) is 23.8 Å². The third-order valence-electron chi connectivity index (χ3n) is 2.88. The molecule has 0 aliphatic carbocycles. The normalized spacial score (nSPS) is 11.0. The molecule has 0 fully saturated rings. The molecule has 1 N–H and O–H groups in total. The van der Waals surface area contributed by atoms with Gasteiger partial charge >= 0.3 is 0 Å². The van der Waals surface area contributed by atoms with E-state index in [-0.39, 0.29) is 11.3 Å². The van der Waals surface area contributed by atoms with Crippen molar-refractivity contribution in [3.8, 4) is 12.1 Å². The fourth-order valence-corrected chi connectivity index (χ4v) is 1.83. The van der Waals surface area contributed by atoms with Gasteiger partial charge in [-0.25, -0.2) is 4.39 Å². The molecule has 5 heteroatoms. The van der Waals surface area contributed by atoms with Gasteiger partial charge in [0, 0.05) is 5.69 Å². The Hall–Kier alpha value is -3.18. The first-order valence-electron chi connectivity index (χ1n) is 6.11. The quantitative estimate of drug-likeness (QED) is 0.938. The first-order valence-corrected chi connectivity index (χ1v) is 6.11. The molecule has 21 heavy (non-hydrogen) atoms. The number of nitrogens with zero attached hydrogens (tertiary/aromatic N) is 2. The second kappa shape index (κ2) is 6.31. The Morgan fingerprint density at radius 2 is 1.86 bits per heavy atom. The maximum absolute atomic E-state index is 13.2. The molecule has 102 valence electrons. The average Bonchev–Trinajstić information content (AvgIpc) is 2.51. The van der Waals surface area contributed by atoms with E-state index >= 15 is 0 Å². The van der Waals surface area contributed by atoms with Gasteiger partial charge in [0.05, 0.1) is 11.6 Å². The fraction of sp³-hybridized carbons (Fsp3) is 0.0625. The highest BCUT2D eigenvalue weighted by Gasteiger charge is 2.20. The number of rotatable bonds is 3. The van der Waals surface area contributed by atoms with Crippen LogP contribution in [0.3, 0.4) is 0 Å². The molecule has 2 rings (SSSR count). The van der Waals surface area contributed by atoms with Crippen molar-refractivity contribution >= 4 is 11.6 Å². The third kappa shape index (κ3) is 3.23. The lowest BCUT2D eigenvalue weighted by Crippen LogP contribution is -2.20. The van der Waals surface area contributed by atoms with E-state index in [2.05, 4.69) is 5.32 Å². The van der Waals surface area contributed by atoms with Crippen LogP contribution in [0.5, 0.6) is 0 Å². The van der Waals surface area contributed by atoms with Crippen LogP contribution in [0.4, 0.5) is 10.1 Å². The highest BCUT2D eigenvalue weighted by atomic mass is 19.1. The van der Waals surface area contributed by atoms with Crippen LogP contribution in [0.2, 0.25) is 0 Å². The maximum atomic E-state index is 13.2. The van der Waals surface area contributed by atoms with E-state index in [9.17, 15) is 9.18 Å². The van der Waals surface area contributed by atoms with Gasteiger partial charge in [0.2, 0.25) is 5.91 Å². The number of anilines is 1. The first kappa shape index (κ1) is 14.2. The van der Waals surface area contributed by atoms with E-state index in [0.29, 0.717) is 5.56 Å². The van der Waals surface area contributed by atoms with Crippen molar-refractivity contribution < 1.29 is 9.18 Å².